The molecule has 1 aromatic carbocycles. The molecule has 0 radical (unpaired) electrons. The van der Waals surface area contributed by atoms with Gasteiger partial charge in [0.05, 0.1) is 17.2 Å². The number of hydrogen-bond donors (Lipinski definition) is 1. The smallest absolute Gasteiger partial charge is 0.155 e. The maximum absolute atomic E-state index is 10.9. The lowest BCUT2D eigenvalue weighted by molar-refractivity contribution is 0.0112. The first kappa shape index (κ1) is 16.0. The van der Waals surface area contributed by atoms with E-state index in [9.17, 15) is 9.90 Å². The average Bonchev–Trinajstić information content (AvgIpc) is 2.41. The summed E-state index contributed by atoms with van der Waals surface area (Å²) in [6.07, 6.45) is 1.94. The first-order valence-electron chi connectivity index (χ1n) is 6.31. The van der Waals surface area contributed by atoms with E-state index in [2.05, 4.69) is 6.92 Å². The van der Waals surface area contributed by atoms with Crippen LogP contribution in [0.3, 0.4) is 0 Å². The van der Waals surface area contributed by atoms with Crippen molar-refractivity contribution in [2.45, 2.75) is 25.9 Å². The fraction of sp³-hybridized carbons (Fsp3) is 0.500. The predicted octanol–water partition coefficient (Wildman–Crippen LogP) is 2.71. The van der Waals surface area contributed by atoms with E-state index in [1.165, 1.54) is 0 Å². The third-order valence-corrected chi connectivity index (χ3v) is 2.84. The number of unbranched alkanes of at least 4 members (excludes halogenated alkanes) is 1. The van der Waals surface area contributed by atoms with Crippen LogP contribution in [-0.2, 0) is 4.74 Å². The van der Waals surface area contributed by atoms with Gasteiger partial charge in [-0.3, -0.25) is 4.79 Å². The second-order valence-electron chi connectivity index (χ2n) is 4.16. The number of rotatable bonds is 9. The van der Waals surface area contributed by atoms with Gasteiger partial charge in [0.15, 0.2) is 6.29 Å². The fourth-order valence-corrected chi connectivity index (χ4v) is 1.67. The monoisotopic (exact) mass is 286 g/mol. The minimum absolute atomic E-state index is 0.0628. The summed E-state index contributed by atoms with van der Waals surface area (Å²) < 4.78 is 10.7. The SMILES string of the molecule is CCCCOCC(O)COc1cccc(Cl)c1C=O. The molecule has 5 heteroatoms. The number of benzene rings is 1. The zero-order chi connectivity index (χ0) is 14.1. The van der Waals surface area contributed by atoms with Gasteiger partial charge in [0.2, 0.25) is 0 Å². The van der Waals surface area contributed by atoms with Crippen molar-refractivity contribution in [3.63, 3.8) is 0 Å². The highest BCUT2D eigenvalue weighted by atomic mass is 35.5. The zero-order valence-corrected chi connectivity index (χ0v) is 11.7. The molecule has 0 spiro atoms. The van der Waals surface area contributed by atoms with Gasteiger partial charge in [0.25, 0.3) is 0 Å². The van der Waals surface area contributed by atoms with Gasteiger partial charge in [-0.05, 0) is 18.6 Å². The average molecular weight is 287 g/mol. The molecule has 1 atom stereocenters. The Kier molecular flexibility index (Phi) is 7.48. The molecule has 1 aromatic rings. The number of carbonyl (C=O) groups excluding carboxylic acids is 1. The molecule has 1 N–H and O–H groups in total. The third kappa shape index (κ3) is 5.59. The van der Waals surface area contributed by atoms with Crippen LogP contribution in [0, 0.1) is 0 Å². The fourth-order valence-electron chi connectivity index (χ4n) is 1.46. The third-order valence-electron chi connectivity index (χ3n) is 2.51. The predicted molar refractivity (Wildman–Crippen MR) is 74.1 cm³/mol. The number of aliphatic hydroxyl groups excluding tert-OH is 1. The lowest BCUT2D eigenvalue weighted by Gasteiger charge is -2.14. The zero-order valence-electron chi connectivity index (χ0n) is 11.0. The molecule has 0 aromatic heterocycles. The van der Waals surface area contributed by atoms with Crippen LogP contribution in [-0.4, -0.2) is 37.3 Å². The van der Waals surface area contributed by atoms with Crippen molar-refractivity contribution in [2.24, 2.45) is 0 Å². The summed E-state index contributed by atoms with van der Waals surface area (Å²) in [5.74, 6) is 0.370. The number of aldehydes is 1. The number of hydrogen-bond acceptors (Lipinski definition) is 4. The van der Waals surface area contributed by atoms with Crippen LogP contribution in [0.15, 0.2) is 18.2 Å². The first-order chi connectivity index (χ1) is 9.19. The van der Waals surface area contributed by atoms with Gasteiger partial charge in [-0.15, -0.1) is 0 Å². The molecule has 1 unspecified atom stereocenters. The Hall–Kier alpha value is -1.10. The van der Waals surface area contributed by atoms with Gasteiger partial charge in [-0.1, -0.05) is 31.0 Å². The summed E-state index contributed by atoms with van der Waals surface area (Å²) >= 11 is 5.86. The first-order valence-corrected chi connectivity index (χ1v) is 6.69. The Morgan fingerprint density at radius 3 is 2.89 bits per heavy atom. The van der Waals surface area contributed by atoms with Crippen LogP contribution in [0.2, 0.25) is 5.02 Å². The van der Waals surface area contributed by atoms with Crippen molar-refractivity contribution < 1.29 is 19.4 Å². The summed E-state index contributed by atoms with van der Waals surface area (Å²) in [7, 11) is 0. The van der Waals surface area contributed by atoms with Crippen LogP contribution in [0.25, 0.3) is 0 Å². The lowest BCUT2D eigenvalue weighted by atomic mass is 10.2. The van der Waals surface area contributed by atoms with E-state index in [0.29, 0.717) is 29.2 Å². The summed E-state index contributed by atoms with van der Waals surface area (Å²) in [4.78, 5) is 10.9. The quantitative estimate of drug-likeness (QED) is 0.560. The van der Waals surface area contributed by atoms with Crippen LogP contribution in [0.1, 0.15) is 30.1 Å². The van der Waals surface area contributed by atoms with Crippen LogP contribution in [0.4, 0.5) is 0 Å². The van der Waals surface area contributed by atoms with E-state index in [1.807, 2.05) is 0 Å². The van der Waals surface area contributed by atoms with Gasteiger partial charge in [-0.2, -0.15) is 0 Å². The molecule has 0 saturated heterocycles. The molecule has 0 aliphatic heterocycles. The highest BCUT2D eigenvalue weighted by Gasteiger charge is 2.10. The molecule has 0 aliphatic rings. The van der Waals surface area contributed by atoms with Gasteiger partial charge in [0.1, 0.15) is 18.5 Å². The topological polar surface area (TPSA) is 55.8 Å². The van der Waals surface area contributed by atoms with Crippen molar-refractivity contribution >= 4 is 17.9 Å². The van der Waals surface area contributed by atoms with Crippen molar-refractivity contribution in [3.05, 3.63) is 28.8 Å². The minimum atomic E-state index is -0.727. The van der Waals surface area contributed by atoms with Crippen molar-refractivity contribution in [1.29, 1.82) is 0 Å². The highest BCUT2D eigenvalue weighted by Crippen LogP contribution is 2.24. The normalized spacial score (nSPS) is 12.2. The van der Waals surface area contributed by atoms with Crippen molar-refractivity contribution in [1.82, 2.24) is 0 Å². The minimum Gasteiger partial charge on any atom is -0.490 e. The Balaban J connectivity index is 2.39. The van der Waals surface area contributed by atoms with Gasteiger partial charge >= 0.3 is 0 Å². The molecule has 0 aliphatic carbocycles. The summed E-state index contributed by atoms with van der Waals surface area (Å²) in [5.41, 5.74) is 0.295. The molecular formula is C14H19ClO4. The molecular weight excluding hydrogens is 268 g/mol. The van der Waals surface area contributed by atoms with Crippen molar-refractivity contribution in [3.8, 4) is 5.75 Å². The Morgan fingerprint density at radius 2 is 2.21 bits per heavy atom. The maximum Gasteiger partial charge on any atom is 0.155 e. The number of halogens is 1. The van der Waals surface area contributed by atoms with E-state index in [4.69, 9.17) is 21.1 Å². The van der Waals surface area contributed by atoms with Gasteiger partial charge in [-0.25, -0.2) is 0 Å². The van der Waals surface area contributed by atoms with Crippen LogP contribution in [0.5, 0.6) is 5.75 Å². The molecule has 0 amide bonds. The second kappa shape index (κ2) is 8.91. The summed E-state index contributed by atoms with van der Waals surface area (Å²) in [6.45, 7) is 2.98. The van der Waals surface area contributed by atoms with Crippen LogP contribution >= 0.6 is 11.6 Å². The van der Waals surface area contributed by atoms with Gasteiger partial charge in [0, 0.05) is 6.61 Å². The molecule has 0 bridgehead atoms. The van der Waals surface area contributed by atoms with E-state index in [0.717, 1.165) is 12.8 Å². The highest BCUT2D eigenvalue weighted by molar-refractivity contribution is 6.33. The number of ether oxygens (including phenoxy) is 2. The molecule has 1 rings (SSSR count). The second-order valence-corrected chi connectivity index (χ2v) is 4.57. The van der Waals surface area contributed by atoms with E-state index in [1.54, 1.807) is 18.2 Å². The number of carbonyl (C=O) groups is 1. The Labute approximate surface area is 118 Å². The lowest BCUT2D eigenvalue weighted by Crippen LogP contribution is -2.24. The molecule has 4 nitrogen and oxygen atoms in total. The molecule has 106 valence electrons. The van der Waals surface area contributed by atoms with E-state index in [-0.39, 0.29) is 13.2 Å². The number of aliphatic hydroxyl groups is 1. The van der Waals surface area contributed by atoms with Gasteiger partial charge < -0.3 is 14.6 Å². The molecule has 19 heavy (non-hydrogen) atoms. The van der Waals surface area contributed by atoms with E-state index >= 15 is 0 Å². The van der Waals surface area contributed by atoms with E-state index < -0.39 is 6.10 Å². The Morgan fingerprint density at radius 1 is 1.42 bits per heavy atom. The standard InChI is InChI=1S/C14H19ClO4/c1-2-3-7-18-9-11(17)10-19-14-6-4-5-13(15)12(14)8-16/h4-6,8,11,17H,2-3,7,9-10H2,1H3. The largest absolute Gasteiger partial charge is 0.490 e. The molecule has 0 saturated carbocycles. The summed E-state index contributed by atoms with van der Waals surface area (Å²) in [5, 5.41) is 10.0. The summed E-state index contributed by atoms with van der Waals surface area (Å²) in [6, 6.07) is 4.94. The van der Waals surface area contributed by atoms with Crippen LogP contribution < -0.4 is 4.74 Å². The van der Waals surface area contributed by atoms with Crippen molar-refractivity contribution in [2.75, 3.05) is 19.8 Å². The maximum atomic E-state index is 10.9. The molecule has 0 heterocycles. The Bertz CT molecular complexity index is 395. The molecule has 0 fully saturated rings.